The first-order valence-electron chi connectivity index (χ1n) is 6.72. The second-order valence-corrected chi connectivity index (χ2v) is 4.65. The molecule has 1 unspecified atom stereocenters. The minimum atomic E-state index is -0.836. The van der Waals surface area contributed by atoms with E-state index in [-0.39, 0.29) is 24.8 Å². The lowest BCUT2D eigenvalue weighted by atomic mass is 10.2. The highest BCUT2D eigenvalue weighted by molar-refractivity contribution is 6.02. The van der Waals surface area contributed by atoms with E-state index < -0.39 is 35.3 Å². The summed E-state index contributed by atoms with van der Waals surface area (Å²) in [6, 6.07) is 2.50. The SMILES string of the molecule is COCCOC(=O)CN1C(=O)C(C)Oc2ccc([N+](=O)[O-])nc21. The molecule has 2 rings (SSSR count). The van der Waals surface area contributed by atoms with Crippen LogP contribution in [0.4, 0.5) is 11.6 Å². The van der Waals surface area contributed by atoms with Crippen molar-refractivity contribution in [2.45, 2.75) is 13.0 Å². The summed E-state index contributed by atoms with van der Waals surface area (Å²) in [5.41, 5.74) is 0. The van der Waals surface area contributed by atoms with E-state index in [1.165, 1.54) is 20.1 Å². The molecule has 0 N–H and O–H groups in total. The van der Waals surface area contributed by atoms with Crippen molar-refractivity contribution in [1.29, 1.82) is 0 Å². The van der Waals surface area contributed by atoms with Crippen molar-refractivity contribution in [3.63, 3.8) is 0 Å². The zero-order chi connectivity index (χ0) is 17.0. The number of hydrogen-bond acceptors (Lipinski definition) is 8. The van der Waals surface area contributed by atoms with Crippen LogP contribution in [-0.4, -0.2) is 54.8 Å². The number of rotatable bonds is 6. The van der Waals surface area contributed by atoms with Gasteiger partial charge in [-0.15, -0.1) is 0 Å². The Morgan fingerprint density at radius 3 is 2.87 bits per heavy atom. The van der Waals surface area contributed by atoms with Gasteiger partial charge in [-0.05, 0) is 22.9 Å². The van der Waals surface area contributed by atoms with Gasteiger partial charge in [-0.25, -0.2) is 0 Å². The van der Waals surface area contributed by atoms with Gasteiger partial charge in [0.25, 0.3) is 11.7 Å². The molecule has 1 aliphatic rings. The van der Waals surface area contributed by atoms with E-state index in [1.54, 1.807) is 0 Å². The van der Waals surface area contributed by atoms with E-state index in [1.807, 2.05) is 0 Å². The number of methoxy groups -OCH3 is 1. The quantitative estimate of drug-likeness (QED) is 0.317. The van der Waals surface area contributed by atoms with Crippen molar-refractivity contribution in [3.05, 3.63) is 22.2 Å². The summed E-state index contributed by atoms with van der Waals surface area (Å²) in [5.74, 6) is -1.55. The number of fused-ring (bicyclic) bond motifs is 1. The molecule has 1 aliphatic heterocycles. The normalized spacial score (nSPS) is 16.5. The number of aromatic nitrogens is 1. The lowest BCUT2D eigenvalue weighted by molar-refractivity contribution is -0.389. The van der Waals surface area contributed by atoms with Gasteiger partial charge < -0.3 is 24.3 Å². The molecule has 0 saturated heterocycles. The van der Waals surface area contributed by atoms with Crippen LogP contribution in [0.1, 0.15) is 6.92 Å². The zero-order valence-corrected chi connectivity index (χ0v) is 12.6. The van der Waals surface area contributed by atoms with Crippen LogP contribution in [0.3, 0.4) is 0 Å². The molecule has 0 aromatic carbocycles. The molecule has 0 bridgehead atoms. The van der Waals surface area contributed by atoms with E-state index in [9.17, 15) is 19.7 Å². The summed E-state index contributed by atoms with van der Waals surface area (Å²) in [6.45, 7) is 1.35. The van der Waals surface area contributed by atoms with E-state index in [0.717, 1.165) is 11.0 Å². The van der Waals surface area contributed by atoms with Crippen molar-refractivity contribution in [2.24, 2.45) is 0 Å². The van der Waals surface area contributed by atoms with Crippen molar-refractivity contribution >= 4 is 23.5 Å². The summed E-state index contributed by atoms with van der Waals surface area (Å²) >= 11 is 0. The van der Waals surface area contributed by atoms with Gasteiger partial charge in [-0.1, -0.05) is 0 Å². The predicted octanol–water partition coefficient (Wildman–Crippen LogP) is 0.293. The fourth-order valence-electron chi connectivity index (χ4n) is 1.94. The fraction of sp³-hybridized carbons (Fsp3) is 0.462. The number of nitrogens with zero attached hydrogens (tertiary/aromatic N) is 3. The van der Waals surface area contributed by atoms with E-state index in [0.29, 0.717) is 0 Å². The molecule has 0 saturated carbocycles. The molecule has 10 heteroatoms. The Kier molecular flexibility index (Phi) is 5.06. The maximum Gasteiger partial charge on any atom is 0.366 e. The van der Waals surface area contributed by atoms with Crippen LogP contribution in [-0.2, 0) is 19.1 Å². The van der Waals surface area contributed by atoms with Crippen molar-refractivity contribution in [1.82, 2.24) is 4.98 Å². The molecule has 23 heavy (non-hydrogen) atoms. The number of pyridine rings is 1. The molecule has 0 aliphatic carbocycles. The molecule has 10 nitrogen and oxygen atoms in total. The van der Waals surface area contributed by atoms with Gasteiger partial charge in [-0.3, -0.25) is 14.5 Å². The first-order valence-corrected chi connectivity index (χ1v) is 6.72. The first-order chi connectivity index (χ1) is 10.9. The monoisotopic (exact) mass is 325 g/mol. The Morgan fingerprint density at radius 2 is 2.22 bits per heavy atom. The number of ether oxygens (including phenoxy) is 3. The van der Waals surface area contributed by atoms with E-state index in [2.05, 4.69) is 4.98 Å². The second kappa shape index (κ2) is 7.01. The lowest BCUT2D eigenvalue weighted by Gasteiger charge is -2.28. The minimum Gasteiger partial charge on any atom is -0.475 e. The van der Waals surface area contributed by atoms with Crippen LogP contribution in [0.15, 0.2) is 12.1 Å². The van der Waals surface area contributed by atoms with Crippen LogP contribution >= 0.6 is 0 Å². The first kappa shape index (κ1) is 16.6. The van der Waals surface area contributed by atoms with Crippen LogP contribution in [0.25, 0.3) is 0 Å². The highest BCUT2D eigenvalue weighted by Crippen LogP contribution is 2.33. The van der Waals surface area contributed by atoms with Crippen molar-refractivity contribution in [2.75, 3.05) is 31.8 Å². The van der Waals surface area contributed by atoms with Crippen LogP contribution < -0.4 is 9.64 Å². The van der Waals surface area contributed by atoms with Crippen molar-refractivity contribution in [3.8, 4) is 5.75 Å². The molecular weight excluding hydrogens is 310 g/mol. The Bertz CT molecular complexity index is 634. The molecule has 1 amide bonds. The molecule has 1 atom stereocenters. The Morgan fingerprint density at radius 1 is 1.48 bits per heavy atom. The predicted molar refractivity (Wildman–Crippen MR) is 76.2 cm³/mol. The highest BCUT2D eigenvalue weighted by Gasteiger charge is 2.38. The number of carbonyl (C=O) groups is 2. The Hall–Kier alpha value is -2.75. The summed E-state index contributed by atoms with van der Waals surface area (Å²) in [4.78, 5) is 38.9. The van der Waals surface area contributed by atoms with Crippen LogP contribution in [0.5, 0.6) is 5.75 Å². The molecular formula is C13H15N3O7. The van der Waals surface area contributed by atoms with Crippen LogP contribution in [0, 0.1) is 10.1 Å². The lowest BCUT2D eigenvalue weighted by Crippen LogP contribution is -2.47. The number of anilines is 1. The Balaban J connectivity index is 2.24. The summed E-state index contributed by atoms with van der Waals surface area (Å²) in [5, 5.41) is 10.8. The Labute approximate surface area is 131 Å². The number of amides is 1. The number of nitro groups is 1. The molecule has 0 radical (unpaired) electrons. The number of carbonyl (C=O) groups excluding carboxylic acids is 2. The molecule has 124 valence electrons. The van der Waals surface area contributed by atoms with Gasteiger partial charge in [-0.2, -0.15) is 0 Å². The van der Waals surface area contributed by atoms with E-state index >= 15 is 0 Å². The average Bonchev–Trinajstić information content (AvgIpc) is 2.51. The molecule has 2 heterocycles. The van der Waals surface area contributed by atoms with Gasteiger partial charge in [0, 0.05) is 13.2 Å². The molecule has 0 fully saturated rings. The molecule has 1 aromatic rings. The van der Waals surface area contributed by atoms with Gasteiger partial charge >= 0.3 is 11.8 Å². The van der Waals surface area contributed by atoms with Gasteiger partial charge in [0.1, 0.15) is 13.2 Å². The number of esters is 1. The zero-order valence-electron chi connectivity index (χ0n) is 12.6. The third kappa shape index (κ3) is 3.72. The summed E-state index contributed by atoms with van der Waals surface area (Å²) in [7, 11) is 1.46. The second-order valence-electron chi connectivity index (χ2n) is 4.65. The molecule has 0 spiro atoms. The minimum absolute atomic E-state index is 0.0403. The third-order valence-electron chi connectivity index (χ3n) is 3.02. The largest absolute Gasteiger partial charge is 0.475 e. The number of hydrogen-bond donors (Lipinski definition) is 0. The van der Waals surface area contributed by atoms with Crippen LogP contribution in [0.2, 0.25) is 0 Å². The topological polar surface area (TPSA) is 121 Å². The van der Waals surface area contributed by atoms with E-state index in [4.69, 9.17) is 14.2 Å². The summed E-state index contributed by atoms with van der Waals surface area (Å²) < 4.78 is 15.0. The third-order valence-corrected chi connectivity index (χ3v) is 3.02. The average molecular weight is 325 g/mol. The van der Waals surface area contributed by atoms with Gasteiger partial charge in [0.2, 0.25) is 0 Å². The standard InChI is InChI=1S/C13H15N3O7/c1-8-13(18)15(7-11(17)22-6-5-21-2)12-9(23-8)3-4-10(14-12)16(19)20/h3-4,8H,5-7H2,1-2H3. The smallest absolute Gasteiger partial charge is 0.366 e. The maximum atomic E-state index is 12.2. The van der Waals surface area contributed by atoms with Gasteiger partial charge in [0.05, 0.1) is 6.61 Å². The highest BCUT2D eigenvalue weighted by atomic mass is 16.6. The fourth-order valence-corrected chi connectivity index (χ4v) is 1.94. The maximum absolute atomic E-state index is 12.2. The van der Waals surface area contributed by atoms with Gasteiger partial charge in [0.15, 0.2) is 11.9 Å². The van der Waals surface area contributed by atoms with Crippen molar-refractivity contribution < 1.29 is 28.7 Å². The summed E-state index contributed by atoms with van der Waals surface area (Å²) in [6.07, 6.45) is -0.836. The molecule has 1 aromatic heterocycles.